The Morgan fingerprint density at radius 2 is 1.68 bits per heavy atom. The molecule has 1 aromatic heterocycles. The van der Waals surface area contributed by atoms with E-state index in [1.54, 1.807) is 24.0 Å². The van der Waals surface area contributed by atoms with Crippen molar-refractivity contribution in [3.05, 3.63) is 83.7 Å². The van der Waals surface area contributed by atoms with Crippen LogP contribution in [0.2, 0.25) is 0 Å². The molecule has 7 nitrogen and oxygen atoms in total. The number of phenols is 1. The fourth-order valence-electron chi connectivity index (χ4n) is 3.79. The first-order valence-corrected chi connectivity index (χ1v) is 11.6. The number of rotatable bonds is 5. The largest absolute Gasteiger partial charge is 0.507 e. The van der Waals surface area contributed by atoms with Gasteiger partial charge in [0.1, 0.15) is 16.3 Å². The highest BCUT2D eigenvalue weighted by Crippen LogP contribution is 2.27. The number of hydrogen-bond donors (Lipinski definition) is 1. The van der Waals surface area contributed by atoms with Crippen LogP contribution < -0.4 is 0 Å². The minimum atomic E-state index is -3.83. The average Bonchev–Trinajstić information content (AvgIpc) is 3.23. The summed E-state index contributed by atoms with van der Waals surface area (Å²) in [5.41, 5.74) is 2.43. The molecule has 4 rings (SSSR count). The predicted octanol–water partition coefficient (Wildman–Crippen LogP) is 2.70. The summed E-state index contributed by atoms with van der Waals surface area (Å²) in [4.78, 5) is 14.7. The van der Waals surface area contributed by atoms with Crippen LogP contribution in [0.4, 0.5) is 0 Å². The highest BCUT2D eigenvalue weighted by Gasteiger charge is 2.32. The topological polar surface area (TPSA) is 82.8 Å². The number of nitrogens with zero attached hydrogens (tertiary/aromatic N) is 3. The number of aromatic nitrogens is 1. The molecule has 1 aliphatic rings. The van der Waals surface area contributed by atoms with Crippen molar-refractivity contribution in [2.45, 2.75) is 18.4 Å². The summed E-state index contributed by atoms with van der Waals surface area (Å²) in [7, 11) is -3.83. The lowest BCUT2D eigenvalue weighted by Crippen LogP contribution is -2.50. The number of piperazine rings is 1. The Balaban J connectivity index is 1.45. The van der Waals surface area contributed by atoms with Crippen LogP contribution in [0.25, 0.3) is 0 Å². The first-order valence-electron chi connectivity index (χ1n) is 10.1. The maximum absolute atomic E-state index is 13.1. The van der Waals surface area contributed by atoms with Gasteiger partial charge in [-0.05, 0) is 42.3 Å². The quantitative estimate of drug-likeness (QED) is 0.663. The lowest BCUT2D eigenvalue weighted by Gasteiger charge is -2.34. The maximum Gasteiger partial charge on any atom is 0.270 e. The van der Waals surface area contributed by atoms with Gasteiger partial charge in [0.05, 0.1) is 0 Å². The van der Waals surface area contributed by atoms with E-state index in [1.165, 1.54) is 16.4 Å². The molecular formula is C23H25N3O4S. The molecule has 0 spiro atoms. The monoisotopic (exact) mass is 439 g/mol. The van der Waals surface area contributed by atoms with Crippen molar-refractivity contribution in [2.75, 3.05) is 26.2 Å². The van der Waals surface area contributed by atoms with Crippen LogP contribution in [-0.2, 0) is 16.6 Å². The van der Waals surface area contributed by atoms with Gasteiger partial charge in [0.25, 0.3) is 5.91 Å². The van der Waals surface area contributed by atoms with E-state index in [0.29, 0.717) is 25.3 Å². The molecule has 1 amide bonds. The summed E-state index contributed by atoms with van der Waals surface area (Å²) < 4.78 is 29.2. The fourth-order valence-corrected chi connectivity index (χ4v) is 5.38. The summed E-state index contributed by atoms with van der Waals surface area (Å²) in [5.74, 6) is -0.376. The van der Waals surface area contributed by atoms with E-state index < -0.39 is 10.0 Å². The molecule has 0 unspecified atom stereocenters. The second kappa shape index (κ2) is 8.56. The van der Waals surface area contributed by atoms with Crippen LogP contribution in [0, 0.1) is 6.92 Å². The van der Waals surface area contributed by atoms with Gasteiger partial charge in [0, 0.05) is 38.9 Å². The third kappa shape index (κ3) is 4.35. The molecule has 1 saturated heterocycles. The van der Waals surface area contributed by atoms with Gasteiger partial charge >= 0.3 is 0 Å². The van der Waals surface area contributed by atoms with Crippen molar-refractivity contribution in [1.82, 2.24) is 13.8 Å². The van der Waals surface area contributed by atoms with E-state index >= 15 is 0 Å². The van der Waals surface area contributed by atoms with E-state index in [0.717, 1.165) is 11.1 Å². The Labute approximate surface area is 182 Å². The first-order chi connectivity index (χ1) is 14.9. The average molecular weight is 440 g/mol. The molecule has 1 fully saturated rings. The van der Waals surface area contributed by atoms with Crippen LogP contribution in [-0.4, -0.2) is 59.4 Å². The summed E-state index contributed by atoms with van der Waals surface area (Å²) in [6.07, 6.45) is 1.88. The summed E-state index contributed by atoms with van der Waals surface area (Å²) in [6, 6.07) is 18.1. The lowest BCUT2D eigenvalue weighted by molar-refractivity contribution is 0.0687. The van der Waals surface area contributed by atoms with Crippen molar-refractivity contribution < 1.29 is 18.3 Å². The number of sulfonamides is 1. The minimum absolute atomic E-state index is 0.0935. The molecule has 0 bridgehead atoms. The van der Waals surface area contributed by atoms with E-state index in [1.807, 2.05) is 47.2 Å². The van der Waals surface area contributed by atoms with Crippen molar-refractivity contribution in [2.24, 2.45) is 0 Å². The number of aryl methyl sites for hydroxylation is 1. The Hall–Kier alpha value is -3.10. The lowest BCUT2D eigenvalue weighted by atomic mass is 10.2. The standard InChI is InChI=1S/C23H25N3O4S/c1-18-9-10-21(27)22(16-18)31(29,30)26-14-12-24(13-15-26)23(28)20-8-5-11-25(20)17-19-6-3-2-4-7-19/h2-11,16,27H,12-15,17H2,1H3. The number of aromatic hydroxyl groups is 1. The number of hydrogen-bond acceptors (Lipinski definition) is 4. The fraction of sp³-hybridized carbons (Fsp3) is 0.261. The van der Waals surface area contributed by atoms with Crippen LogP contribution in [0.5, 0.6) is 5.75 Å². The normalized spacial score (nSPS) is 15.2. The van der Waals surface area contributed by atoms with Gasteiger partial charge in [0.15, 0.2) is 0 Å². The highest BCUT2D eigenvalue weighted by atomic mass is 32.2. The van der Waals surface area contributed by atoms with Crippen LogP contribution in [0.1, 0.15) is 21.6 Å². The second-order valence-electron chi connectivity index (χ2n) is 7.67. The SMILES string of the molecule is Cc1ccc(O)c(S(=O)(=O)N2CCN(C(=O)c3cccn3Cc3ccccc3)CC2)c1. The van der Waals surface area contributed by atoms with Crippen molar-refractivity contribution in [3.63, 3.8) is 0 Å². The van der Waals surface area contributed by atoms with E-state index in [4.69, 9.17) is 0 Å². The molecule has 8 heteroatoms. The Morgan fingerprint density at radius 3 is 2.39 bits per heavy atom. The third-order valence-corrected chi connectivity index (χ3v) is 7.43. The summed E-state index contributed by atoms with van der Waals surface area (Å²) in [6.45, 7) is 3.32. The summed E-state index contributed by atoms with van der Waals surface area (Å²) in [5, 5.41) is 10.0. The number of carbonyl (C=O) groups is 1. The third-order valence-electron chi connectivity index (χ3n) is 5.50. The highest BCUT2D eigenvalue weighted by molar-refractivity contribution is 7.89. The Kier molecular flexibility index (Phi) is 5.84. The summed E-state index contributed by atoms with van der Waals surface area (Å²) >= 11 is 0. The molecule has 2 heterocycles. The molecule has 0 saturated carbocycles. The molecule has 1 N–H and O–H groups in total. The molecule has 3 aromatic rings. The van der Waals surface area contributed by atoms with Crippen molar-refractivity contribution in [3.8, 4) is 5.75 Å². The molecular weight excluding hydrogens is 414 g/mol. The van der Waals surface area contributed by atoms with Gasteiger partial charge in [-0.1, -0.05) is 36.4 Å². The van der Waals surface area contributed by atoms with Gasteiger partial charge in [0.2, 0.25) is 10.0 Å². The first kappa shape index (κ1) is 21.1. The van der Waals surface area contributed by atoms with E-state index in [-0.39, 0.29) is 29.6 Å². The zero-order valence-corrected chi connectivity index (χ0v) is 18.1. The molecule has 1 aliphatic heterocycles. The molecule has 2 aromatic carbocycles. The second-order valence-corrected chi connectivity index (χ2v) is 9.58. The smallest absolute Gasteiger partial charge is 0.270 e. The number of amides is 1. The van der Waals surface area contributed by atoms with Gasteiger partial charge in [-0.15, -0.1) is 0 Å². The number of phenolic OH excluding ortho intramolecular Hbond substituents is 1. The molecule has 31 heavy (non-hydrogen) atoms. The van der Waals surface area contributed by atoms with E-state index in [9.17, 15) is 18.3 Å². The van der Waals surface area contributed by atoms with Crippen molar-refractivity contribution in [1.29, 1.82) is 0 Å². The van der Waals surface area contributed by atoms with Crippen LogP contribution in [0.15, 0.2) is 71.8 Å². The van der Waals surface area contributed by atoms with Gasteiger partial charge in [-0.25, -0.2) is 8.42 Å². The van der Waals surface area contributed by atoms with Crippen LogP contribution in [0.3, 0.4) is 0 Å². The predicted molar refractivity (Wildman–Crippen MR) is 117 cm³/mol. The molecule has 0 aliphatic carbocycles. The van der Waals surface area contributed by atoms with Gasteiger partial charge in [-0.3, -0.25) is 4.79 Å². The Morgan fingerprint density at radius 1 is 0.968 bits per heavy atom. The van der Waals surface area contributed by atoms with Crippen LogP contribution >= 0.6 is 0 Å². The molecule has 0 atom stereocenters. The zero-order chi connectivity index (χ0) is 22.0. The zero-order valence-electron chi connectivity index (χ0n) is 17.3. The molecule has 162 valence electrons. The van der Waals surface area contributed by atoms with Crippen molar-refractivity contribution >= 4 is 15.9 Å². The number of carbonyl (C=O) groups excluding carboxylic acids is 1. The van der Waals surface area contributed by atoms with Gasteiger partial charge in [-0.2, -0.15) is 4.31 Å². The van der Waals surface area contributed by atoms with E-state index in [2.05, 4.69) is 0 Å². The molecule has 0 radical (unpaired) electrons. The maximum atomic E-state index is 13.1. The Bertz CT molecular complexity index is 1180. The van der Waals surface area contributed by atoms with Gasteiger partial charge < -0.3 is 14.6 Å². The number of benzene rings is 2. The minimum Gasteiger partial charge on any atom is -0.507 e.